The van der Waals surface area contributed by atoms with Crippen LogP contribution >= 0.6 is 0 Å². The zero-order chi connectivity index (χ0) is 20.9. The lowest BCUT2D eigenvalue weighted by molar-refractivity contribution is -0.138. The Morgan fingerprint density at radius 1 is 1.20 bits per heavy atom. The van der Waals surface area contributed by atoms with Gasteiger partial charge in [0.1, 0.15) is 5.82 Å². The van der Waals surface area contributed by atoms with Crippen molar-refractivity contribution in [2.24, 2.45) is 5.92 Å². The standard InChI is InChI=1S/C23H31N5O2/c1-24-21-13-20(26-22(27-21)17-5-3-11-25-14-17)18-6-4-12-28(15-18)23(29)16-7-9-19(30-2)10-8-16/h3,5,11,13-14,16,18-19H,4,6-10,12,15H2,1-2H3,(H,24,26,27)/t16?,18-,19?/m1/s1. The normalized spacial score (nSPS) is 24.5. The number of hydrogen-bond acceptors (Lipinski definition) is 6. The largest absolute Gasteiger partial charge is 0.381 e. The molecule has 1 saturated heterocycles. The minimum absolute atomic E-state index is 0.138. The molecule has 1 amide bonds. The van der Waals surface area contributed by atoms with Crippen LogP contribution in [0.5, 0.6) is 0 Å². The van der Waals surface area contributed by atoms with E-state index in [1.165, 1.54) is 0 Å². The molecule has 160 valence electrons. The molecular weight excluding hydrogens is 378 g/mol. The predicted molar refractivity (Wildman–Crippen MR) is 116 cm³/mol. The second-order valence-electron chi connectivity index (χ2n) is 8.33. The van der Waals surface area contributed by atoms with Crippen molar-refractivity contribution in [2.45, 2.75) is 50.5 Å². The van der Waals surface area contributed by atoms with Gasteiger partial charge >= 0.3 is 0 Å². The van der Waals surface area contributed by atoms with Gasteiger partial charge in [-0.2, -0.15) is 0 Å². The number of amides is 1. The molecule has 0 bridgehead atoms. The highest BCUT2D eigenvalue weighted by Crippen LogP contribution is 2.32. The van der Waals surface area contributed by atoms with Gasteiger partial charge in [-0.25, -0.2) is 9.97 Å². The van der Waals surface area contributed by atoms with Crippen LogP contribution in [-0.4, -0.2) is 59.1 Å². The highest BCUT2D eigenvalue weighted by atomic mass is 16.5. The smallest absolute Gasteiger partial charge is 0.225 e. The molecule has 2 aromatic heterocycles. The van der Waals surface area contributed by atoms with E-state index in [1.807, 2.05) is 25.2 Å². The SMILES string of the molecule is CNc1cc([C@@H]2CCCN(C(=O)C3CCC(OC)CC3)C2)nc(-c2cccnc2)n1. The topological polar surface area (TPSA) is 80.2 Å². The Balaban J connectivity index is 1.50. The van der Waals surface area contributed by atoms with Crippen molar-refractivity contribution in [1.29, 1.82) is 0 Å². The Labute approximate surface area is 178 Å². The fourth-order valence-corrected chi connectivity index (χ4v) is 4.65. The fraction of sp³-hybridized carbons (Fsp3) is 0.565. The number of carbonyl (C=O) groups is 1. The monoisotopic (exact) mass is 409 g/mol. The van der Waals surface area contributed by atoms with Gasteiger partial charge in [0.05, 0.1) is 11.8 Å². The molecule has 1 atom stereocenters. The van der Waals surface area contributed by atoms with Crippen LogP contribution in [0.4, 0.5) is 5.82 Å². The number of likely N-dealkylation sites (tertiary alicyclic amines) is 1. The number of nitrogens with one attached hydrogen (secondary N) is 1. The van der Waals surface area contributed by atoms with Crippen LogP contribution in [0, 0.1) is 5.92 Å². The maximum Gasteiger partial charge on any atom is 0.225 e. The number of methoxy groups -OCH3 is 1. The number of ether oxygens (including phenoxy) is 1. The highest BCUT2D eigenvalue weighted by molar-refractivity contribution is 5.79. The van der Waals surface area contributed by atoms with E-state index in [1.54, 1.807) is 19.5 Å². The zero-order valence-corrected chi connectivity index (χ0v) is 17.9. The van der Waals surface area contributed by atoms with Gasteiger partial charge in [0.2, 0.25) is 5.91 Å². The molecule has 7 heteroatoms. The van der Waals surface area contributed by atoms with Crippen LogP contribution in [0.15, 0.2) is 30.6 Å². The van der Waals surface area contributed by atoms with Crippen LogP contribution in [0.3, 0.4) is 0 Å². The minimum Gasteiger partial charge on any atom is -0.381 e. The zero-order valence-electron chi connectivity index (χ0n) is 17.9. The first-order chi connectivity index (χ1) is 14.7. The van der Waals surface area contributed by atoms with Crippen molar-refractivity contribution in [2.75, 3.05) is 32.6 Å². The Morgan fingerprint density at radius 3 is 2.73 bits per heavy atom. The summed E-state index contributed by atoms with van der Waals surface area (Å²) in [5.41, 5.74) is 1.89. The van der Waals surface area contributed by atoms with Crippen molar-refractivity contribution in [3.63, 3.8) is 0 Å². The summed E-state index contributed by atoms with van der Waals surface area (Å²) in [5, 5.41) is 3.15. The van der Waals surface area contributed by atoms with E-state index in [4.69, 9.17) is 9.72 Å². The Hall–Kier alpha value is -2.54. The summed E-state index contributed by atoms with van der Waals surface area (Å²) in [4.78, 5) is 28.9. The number of pyridine rings is 1. The van der Waals surface area contributed by atoms with Gasteiger partial charge in [-0.3, -0.25) is 9.78 Å². The van der Waals surface area contributed by atoms with Crippen LogP contribution < -0.4 is 5.32 Å². The number of carbonyl (C=O) groups excluding carboxylic acids is 1. The maximum absolute atomic E-state index is 13.2. The molecule has 30 heavy (non-hydrogen) atoms. The number of hydrogen-bond donors (Lipinski definition) is 1. The number of rotatable bonds is 5. The highest BCUT2D eigenvalue weighted by Gasteiger charge is 2.33. The molecular formula is C23H31N5O2. The minimum atomic E-state index is 0.138. The number of nitrogens with zero attached hydrogens (tertiary/aromatic N) is 4. The summed E-state index contributed by atoms with van der Waals surface area (Å²) < 4.78 is 5.46. The molecule has 4 rings (SSSR count). The van der Waals surface area contributed by atoms with E-state index in [2.05, 4.69) is 20.2 Å². The summed E-state index contributed by atoms with van der Waals surface area (Å²) in [6, 6.07) is 5.88. The first-order valence-corrected chi connectivity index (χ1v) is 11.0. The Morgan fingerprint density at radius 2 is 2.03 bits per heavy atom. The van der Waals surface area contributed by atoms with Crippen molar-refractivity contribution < 1.29 is 9.53 Å². The molecule has 1 aliphatic carbocycles. The van der Waals surface area contributed by atoms with Crippen molar-refractivity contribution >= 4 is 11.7 Å². The summed E-state index contributed by atoms with van der Waals surface area (Å²) in [5.74, 6) is 2.14. The number of aromatic nitrogens is 3. The van der Waals surface area contributed by atoms with Gasteiger partial charge in [0.25, 0.3) is 0 Å². The molecule has 0 radical (unpaired) electrons. The number of anilines is 1. The Kier molecular flexibility index (Phi) is 6.57. The van der Waals surface area contributed by atoms with Crippen molar-refractivity contribution in [3.05, 3.63) is 36.3 Å². The molecule has 0 unspecified atom stereocenters. The maximum atomic E-state index is 13.2. The summed E-state index contributed by atoms with van der Waals surface area (Å²) >= 11 is 0. The van der Waals surface area contributed by atoms with Gasteiger partial charge < -0.3 is 15.0 Å². The molecule has 1 N–H and O–H groups in total. The van der Waals surface area contributed by atoms with Gasteiger partial charge in [0, 0.05) is 63.1 Å². The quantitative estimate of drug-likeness (QED) is 0.814. The average Bonchev–Trinajstić information content (AvgIpc) is 2.84. The first-order valence-electron chi connectivity index (χ1n) is 11.0. The van der Waals surface area contributed by atoms with Gasteiger partial charge in [-0.05, 0) is 50.7 Å². The van der Waals surface area contributed by atoms with Crippen LogP contribution in [0.1, 0.15) is 50.1 Å². The molecule has 0 spiro atoms. The predicted octanol–water partition coefficient (Wildman–Crippen LogP) is 3.49. The molecule has 7 nitrogen and oxygen atoms in total. The lowest BCUT2D eigenvalue weighted by Gasteiger charge is -2.36. The lowest BCUT2D eigenvalue weighted by atomic mass is 9.85. The van der Waals surface area contributed by atoms with E-state index in [-0.39, 0.29) is 11.8 Å². The molecule has 2 aliphatic rings. The molecule has 2 aromatic rings. The second-order valence-corrected chi connectivity index (χ2v) is 8.33. The van der Waals surface area contributed by atoms with Crippen molar-refractivity contribution in [1.82, 2.24) is 19.9 Å². The third-order valence-electron chi connectivity index (χ3n) is 6.43. The van der Waals surface area contributed by atoms with E-state index in [0.717, 1.165) is 68.7 Å². The van der Waals surface area contributed by atoms with Crippen LogP contribution in [-0.2, 0) is 9.53 Å². The van der Waals surface area contributed by atoms with E-state index in [9.17, 15) is 4.79 Å². The van der Waals surface area contributed by atoms with Gasteiger partial charge in [-0.1, -0.05) is 0 Å². The van der Waals surface area contributed by atoms with Gasteiger partial charge in [0.15, 0.2) is 5.82 Å². The molecule has 3 heterocycles. The van der Waals surface area contributed by atoms with E-state index < -0.39 is 0 Å². The molecule has 2 fully saturated rings. The summed E-state index contributed by atoms with van der Waals surface area (Å²) in [6.45, 7) is 1.58. The van der Waals surface area contributed by atoms with E-state index >= 15 is 0 Å². The third kappa shape index (κ3) is 4.61. The fourth-order valence-electron chi connectivity index (χ4n) is 4.65. The number of piperidine rings is 1. The summed E-state index contributed by atoms with van der Waals surface area (Å²) in [7, 11) is 3.63. The van der Waals surface area contributed by atoms with Crippen LogP contribution in [0.2, 0.25) is 0 Å². The molecule has 1 aliphatic heterocycles. The Bertz CT molecular complexity index is 852. The second kappa shape index (κ2) is 9.51. The third-order valence-corrected chi connectivity index (χ3v) is 6.43. The molecule has 1 saturated carbocycles. The lowest BCUT2D eigenvalue weighted by Crippen LogP contribution is -2.43. The van der Waals surface area contributed by atoms with Crippen molar-refractivity contribution in [3.8, 4) is 11.4 Å². The molecule has 0 aromatic carbocycles. The summed E-state index contributed by atoms with van der Waals surface area (Å²) in [6.07, 6.45) is 9.71. The van der Waals surface area contributed by atoms with Crippen LogP contribution in [0.25, 0.3) is 11.4 Å². The van der Waals surface area contributed by atoms with Gasteiger partial charge in [-0.15, -0.1) is 0 Å². The average molecular weight is 410 g/mol. The van der Waals surface area contributed by atoms with E-state index in [0.29, 0.717) is 17.8 Å². The first kappa shape index (κ1) is 20.7.